The third-order valence-corrected chi connectivity index (χ3v) is 4.40. The van der Waals surface area contributed by atoms with Crippen molar-refractivity contribution < 1.29 is 4.74 Å². The number of nitrogens with one attached hydrogen (secondary N) is 1. The van der Waals surface area contributed by atoms with Crippen molar-refractivity contribution in [3.8, 4) is 5.75 Å². The number of hydrogen-bond donors (Lipinski definition) is 1. The molecule has 1 N–H and O–H groups in total. The Morgan fingerprint density at radius 2 is 2.00 bits per heavy atom. The van der Waals surface area contributed by atoms with Crippen molar-refractivity contribution in [3.63, 3.8) is 0 Å². The molecule has 2 unspecified atom stereocenters. The van der Waals surface area contributed by atoms with Crippen molar-refractivity contribution in [1.82, 2.24) is 5.32 Å². The van der Waals surface area contributed by atoms with Gasteiger partial charge in [-0.2, -0.15) is 0 Å². The van der Waals surface area contributed by atoms with E-state index in [1.54, 1.807) is 0 Å². The van der Waals surface area contributed by atoms with Crippen LogP contribution >= 0.6 is 0 Å². The van der Waals surface area contributed by atoms with Crippen molar-refractivity contribution in [3.05, 3.63) is 29.8 Å². The maximum absolute atomic E-state index is 5.49. The van der Waals surface area contributed by atoms with Gasteiger partial charge in [0.1, 0.15) is 5.75 Å². The van der Waals surface area contributed by atoms with Gasteiger partial charge in [0.25, 0.3) is 0 Å². The molecule has 0 amide bonds. The molecule has 0 bridgehead atoms. The highest BCUT2D eigenvalue weighted by atomic mass is 16.5. The summed E-state index contributed by atoms with van der Waals surface area (Å²) in [7, 11) is 0. The number of hydrogen-bond acceptors (Lipinski definition) is 2. The van der Waals surface area contributed by atoms with Crippen molar-refractivity contribution in [1.29, 1.82) is 0 Å². The van der Waals surface area contributed by atoms with Gasteiger partial charge in [-0.1, -0.05) is 32.4 Å². The first-order chi connectivity index (χ1) is 9.03. The van der Waals surface area contributed by atoms with Gasteiger partial charge in [-0.15, -0.1) is 0 Å². The Kier molecular flexibility index (Phi) is 4.51. The second-order valence-electron chi connectivity index (χ2n) is 6.32. The van der Waals surface area contributed by atoms with E-state index in [9.17, 15) is 0 Å². The first-order valence-electron chi connectivity index (χ1n) is 7.52. The Balaban J connectivity index is 1.97. The fraction of sp³-hybridized carbons (Fsp3) is 0.647. The van der Waals surface area contributed by atoms with Crippen LogP contribution in [0.25, 0.3) is 0 Å². The molecule has 0 aliphatic heterocycles. The van der Waals surface area contributed by atoms with Crippen LogP contribution in [0.4, 0.5) is 0 Å². The van der Waals surface area contributed by atoms with Crippen LogP contribution in [-0.2, 0) is 0 Å². The second kappa shape index (κ2) is 5.96. The van der Waals surface area contributed by atoms with E-state index in [1.165, 1.54) is 24.8 Å². The molecule has 2 nitrogen and oxygen atoms in total. The Morgan fingerprint density at radius 3 is 2.53 bits per heavy atom. The topological polar surface area (TPSA) is 21.3 Å². The standard InChI is InChI=1S/C17H27NO/c1-5-19-15-10-8-14(9-11-15)13(2)18-16-7-6-12-17(16,3)4/h8-11,13,16,18H,5-7,12H2,1-4H3. The van der Waals surface area contributed by atoms with Gasteiger partial charge in [0.05, 0.1) is 6.61 Å². The molecular formula is C17H27NO. The predicted octanol–water partition coefficient (Wildman–Crippen LogP) is 4.31. The second-order valence-corrected chi connectivity index (χ2v) is 6.32. The van der Waals surface area contributed by atoms with Gasteiger partial charge in [-0.3, -0.25) is 0 Å². The van der Waals surface area contributed by atoms with Crippen LogP contribution in [0.15, 0.2) is 24.3 Å². The molecule has 1 fully saturated rings. The first kappa shape index (κ1) is 14.4. The molecule has 0 heterocycles. The zero-order chi connectivity index (χ0) is 13.9. The highest BCUT2D eigenvalue weighted by molar-refractivity contribution is 5.29. The van der Waals surface area contributed by atoms with Crippen LogP contribution in [0.3, 0.4) is 0 Å². The van der Waals surface area contributed by atoms with Crippen LogP contribution in [-0.4, -0.2) is 12.6 Å². The summed E-state index contributed by atoms with van der Waals surface area (Å²) in [5.74, 6) is 0.958. The van der Waals surface area contributed by atoms with Crippen LogP contribution in [0.2, 0.25) is 0 Å². The number of rotatable bonds is 5. The Labute approximate surface area is 117 Å². The summed E-state index contributed by atoms with van der Waals surface area (Å²) < 4.78 is 5.49. The van der Waals surface area contributed by atoms with Gasteiger partial charge >= 0.3 is 0 Å². The lowest BCUT2D eigenvalue weighted by atomic mass is 9.86. The van der Waals surface area contributed by atoms with Gasteiger partial charge in [0.15, 0.2) is 0 Å². The summed E-state index contributed by atoms with van der Waals surface area (Å²) in [6.07, 6.45) is 3.98. The van der Waals surface area contributed by atoms with E-state index in [-0.39, 0.29) is 0 Å². The summed E-state index contributed by atoms with van der Waals surface area (Å²) >= 11 is 0. The molecule has 1 saturated carbocycles. The maximum atomic E-state index is 5.49. The Hall–Kier alpha value is -1.02. The van der Waals surface area contributed by atoms with Gasteiger partial charge in [0.2, 0.25) is 0 Å². The summed E-state index contributed by atoms with van der Waals surface area (Å²) in [4.78, 5) is 0. The Morgan fingerprint density at radius 1 is 1.32 bits per heavy atom. The minimum atomic E-state index is 0.401. The quantitative estimate of drug-likeness (QED) is 0.852. The number of ether oxygens (including phenoxy) is 1. The minimum absolute atomic E-state index is 0.401. The SMILES string of the molecule is CCOc1ccc(C(C)NC2CCCC2(C)C)cc1. The molecule has 2 heteroatoms. The van der Waals surface area contributed by atoms with Gasteiger partial charge in [-0.05, 0) is 49.8 Å². The monoisotopic (exact) mass is 261 g/mol. The predicted molar refractivity (Wildman–Crippen MR) is 80.6 cm³/mol. The van der Waals surface area contributed by atoms with E-state index in [1.807, 2.05) is 6.92 Å². The third kappa shape index (κ3) is 3.50. The van der Waals surface area contributed by atoms with Crippen molar-refractivity contribution >= 4 is 0 Å². The van der Waals surface area contributed by atoms with Crippen LogP contribution in [0.1, 0.15) is 58.6 Å². The van der Waals surface area contributed by atoms with Crippen molar-refractivity contribution in [2.24, 2.45) is 5.41 Å². The van der Waals surface area contributed by atoms with E-state index < -0.39 is 0 Å². The summed E-state index contributed by atoms with van der Waals surface area (Å²) in [5.41, 5.74) is 1.77. The van der Waals surface area contributed by atoms with Gasteiger partial charge in [-0.25, -0.2) is 0 Å². The fourth-order valence-corrected chi connectivity index (χ4v) is 3.05. The Bertz CT molecular complexity index is 396. The molecule has 0 saturated heterocycles. The molecule has 1 aliphatic carbocycles. The lowest BCUT2D eigenvalue weighted by Gasteiger charge is -2.31. The van der Waals surface area contributed by atoms with E-state index >= 15 is 0 Å². The third-order valence-electron chi connectivity index (χ3n) is 4.40. The molecule has 19 heavy (non-hydrogen) atoms. The molecule has 2 rings (SSSR count). The largest absolute Gasteiger partial charge is 0.494 e. The zero-order valence-corrected chi connectivity index (χ0v) is 12.7. The van der Waals surface area contributed by atoms with Crippen LogP contribution in [0.5, 0.6) is 5.75 Å². The minimum Gasteiger partial charge on any atom is -0.494 e. The van der Waals surface area contributed by atoms with Crippen molar-refractivity contribution in [2.75, 3.05) is 6.61 Å². The summed E-state index contributed by atoms with van der Waals surface area (Å²) in [5, 5.41) is 3.80. The molecule has 0 spiro atoms. The number of benzene rings is 1. The van der Waals surface area contributed by atoms with E-state index in [4.69, 9.17) is 4.74 Å². The maximum Gasteiger partial charge on any atom is 0.119 e. The highest BCUT2D eigenvalue weighted by Gasteiger charge is 2.34. The normalized spacial score (nSPS) is 23.3. The average Bonchev–Trinajstić information content (AvgIpc) is 2.70. The van der Waals surface area contributed by atoms with Gasteiger partial charge < -0.3 is 10.1 Å². The van der Waals surface area contributed by atoms with E-state index in [0.717, 1.165) is 12.4 Å². The molecule has 1 aromatic carbocycles. The van der Waals surface area contributed by atoms with Crippen LogP contribution in [0, 0.1) is 5.41 Å². The highest BCUT2D eigenvalue weighted by Crippen LogP contribution is 2.38. The molecular weight excluding hydrogens is 234 g/mol. The smallest absolute Gasteiger partial charge is 0.119 e. The first-order valence-corrected chi connectivity index (χ1v) is 7.52. The molecule has 106 valence electrons. The molecule has 1 aliphatic rings. The van der Waals surface area contributed by atoms with Crippen molar-refractivity contribution in [2.45, 2.75) is 59.0 Å². The molecule has 0 aromatic heterocycles. The van der Waals surface area contributed by atoms with E-state index in [2.05, 4.69) is 50.4 Å². The molecule has 1 aromatic rings. The lowest BCUT2D eigenvalue weighted by Crippen LogP contribution is -2.39. The fourth-order valence-electron chi connectivity index (χ4n) is 3.05. The zero-order valence-electron chi connectivity index (χ0n) is 12.7. The van der Waals surface area contributed by atoms with E-state index in [0.29, 0.717) is 17.5 Å². The average molecular weight is 261 g/mol. The van der Waals surface area contributed by atoms with Crippen LogP contribution < -0.4 is 10.1 Å². The summed E-state index contributed by atoms with van der Waals surface area (Å²) in [6.45, 7) is 9.75. The summed E-state index contributed by atoms with van der Waals surface area (Å²) in [6, 6.07) is 9.51. The lowest BCUT2D eigenvalue weighted by molar-refractivity contribution is 0.266. The molecule has 2 atom stereocenters. The van der Waals surface area contributed by atoms with Gasteiger partial charge in [0, 0.05) is 12.1 Å². The molecule has 0 radical (unpaired) electrons.